The number of fused-ring (bicyclic) bond motifs is 1. The zero-order valence-corrected chi connectivity index (χ0v) is 20.5. The lowest BCUT2D eigenvalue weighted by atomic mass is 9.81. The van der Waals surface area contributed by atoms with Gasteiger partial charge >= 0.3 is 5.97 Å². The number of esters is 1. The molecule has 0 fully saturated rings. The number of benzene rings is 2. The first kappa shape index (κ1) is 23.1. The Morgan fingerprint density at radius 3 is 2.47 bits per heavy atom. The average Bonchev–Trinajstić information content (AvgIpc) is 3.22. The lowest BCUT2D eigenvalue weighted by Crippen LogP contribution is -2.36. The number of ether oxygens (including phenoxy) is 1. The maximum Gasteiger partial charge on any atom is 0.346 e. The van der Waals surface area contributed by atoms with E-state index in [1.165, 1.54) is 17.8 Å². The van der Waals surface area contributed by atoms with E-state index in [2.05, 4.69) is 0 Å². The average molecular weight is 493 g/mol. The zero-order valence-electron chi connectivity index (χ0n) is 18.2. The number of hydrogen-bond donors (Lipinski definition) is 0. The molecule has 0 bridgehead atoms. The molecule has 2 aromatic carbocycles. The van der Waals surface area contributed by atoms with Gasteiger partial charge in [0.1, 0.15) is 16.3 Å². The molecule has 4 rings (SSSR count). The van der Waals surface area contributed by atoms with E-state index in [0.29, 0.717) is 25.7 Å². The van der Waals surface area contributed by atoms with Gasteiger partial charge < -0.3 is 9.64 Å². The molecule has 2 atom stereocenters. The van der Waals surface area contributed by atoms with Gasteiger partial charge in [-0.3, -0.25) is 0 Å². The van der Waals surface area contributed by atoms with Crippen LogP contribution in [0, 0.1) is 11.7 Å². The molecule has 32 heavy (non-hydrogen) atoms. The van der Waals surface area contributed by atoms with Crippen LogP contribution in [0.4, 0.5) is 4.39 Å². The maximum absolute atomic E-state index is 15.3. The number of carbonyl (C=O) groups excluding carboxylic acids is 1. The van der Waals surface area contributed by atoms with Crippen LogP contribution in [0.25, 0.3) is 0 Å². The monoisotopic (exact) mass is 492 g/mol. The van der Waals surface area contributed by atoms with Crippen molar-refractivity contribution >= 4 is 46.1 Å². The molecule has 168 valence electrons. The molecule has 0 unspecified atom stereocenters. The molecule has 2 heterocycles. The van der Waals surface area contributed by atoms with Gasteiger partial charge in [-0.1, -0.05) is 55.2 Å². The standard InChI is InChI=1S/C24H23Cl2FN2O2S/c1-5-31-22(30)20-19(13(2)3)29-21(17-11-10-16(26)12-18(17)27)24(4,28-23(29)32-20)14-6-8-15(25)9-7-14/h6-13,21H,5H2,1-4H3/t21-,24+/m1/s1. The van der Waals surface area contributed by atoms with Crippen LogP contribution in [0.1, 0.15) is 44.9 Å². The summed E-state index contributed by atoms with van der Waals surface area (Å²) in [6.45, 7) is 8.03. The number of thioether (sulfide) groups is 1. The molecule has 0 amide bonds. The lowest BCUT2D eigenvalue weighted by Gasteiger charge is -2.37. The Morgan fingerprint density at radius 2 is 1.88 bits per heavy atom. The fraction of sp³-hybridized carbons (Fsp3) is 0.333. The van der Waals surface area contributed by atoms with Gasteiger partial charge in [-0.15, -0.1) is 0 Å². The van der Waals surface area contributed by atoms with Crippen molar-refractivity contribution in [3.8, 4) is 0 Å². The number of aliphatic imine (C=N–C) groups is 1. The van der Waals surface area contributed by atoms with E-state index < -0.39 is 17.4 Å². The van der Waals surface area contributed by atoms with Gasteiger partial charge in [0.2, 0.25) is 0 Å². The molecular formula is C24H23Cl2FN2O2S. The first-order valence-corrected chi connectivity index (χ1v) is 11.9. The molecule has 2 aliphatic heterocycles. The Morgan fingerprint density at radius 1 is 1.22 bits per heavy atom. The van der Waals surface area contributed by atoms with E-state index in [1.807, 2.05) is 37.8 Å². The fourth-order valence-electron chi connectivity index (χ4n) is 4.30. The van der Waals surface area contributed by atoms with Crippen LogP contribution in [0.15, 0.2) is 58.1 Å². The van der Waals surface area contributed by atoms with E-state index in [4.69, 9.17) is 32.9 Å². The highest BCUT2D eigenvalue weighted by molar-refractivity contribution is 8.18. The van der Waals surface area contributed by atoms with Gasteiger partial charge in [0.05, 0.1) is 12.6 Å². The lowest BCUT2D eigenvalue weighted by molar-refractivity contribution is -0.137. The van der Waals surface area contributed by atoms with Gasteiger partial charge in [0.25, 0.3) is 0 Å². The summed E-state index contributed by atoms with van der Waals surface area (Å²) in [7, 11) is 0. The van der Waals surface area contributed by atoms with Crippen LogP contribution in [0.3, 0.4) is 0 Å². The maximum atomic E-state index is 15.3. The van der Waals surface area contributed by atoms with Crippen molar-refractivity contribution in [3.05, 3.63) is 80.1 Å². The minimum Gasteiger partial charge on any atom is -0.462 e. The van der Waals surface area contributed by atoms with Crippen LogP contribution >= 0.6 is 35.0 Å². The molecule has 0 N–H and O–H groups in total. The topological polar surface area (TPSA) is 41.9 Å². The van der Waals surface area contributed by atoms with Gasteiger partial charge in [-0.25, -0.2) is 14.2 Å². The largest absolute Gasteiger partial charge is 0.462 e. The van der Waals surface area contributed by atoms with Crippen molar-refractivity contribution in [2.45, 2.75) is 39.3 Å². The summed E-state index contributed by atoms with van der Waals surface area (Å²) in [4.78, 5) is 20.3. The second-order valence-electron chi connectivity index (χ2n) is 8.18. The summed E-state index contributed by atoms with van der Waals surface area (Å²) in [6, 6.07) is 11.6. The summed E-state index contributed by atoms with van der Waals surface area (Å²) in [5, 5.41) is 1.58. The van der Waals surface area contributed by atoms with E-state index in [0.717, 1.165) is 11.3 Å². The predicted octanol–water partition coefficient (Wildman–Crippen LogP) is 6.94. The summed E-state index contributed by atoms with van der Waals surface area (Å²) >= 11 is 13.4. The van der Waals surface area contributed by atoms with E-state index in [1.54, 1.807) is 31.2 Å². The molecule has 0 saturated carbocycles. The summed E-state index contributed by atoms with van der Waals surface area (Å²) in [6.07, 6.45) is 0. The molecule has 0 spiro atoms. The van der Waals surface area contributed by atoms with Crippen molar-refractivity contribution in [1.82, 2.24) is 4.90 Å². The minimum absolute atomic E-state index is 0.0139. The number of allylic oxidation sites excluding steroid dienone is 1. The third-order valence-electron chi connectivity index (χ3n) is 5.70. The highest BCUT2D eigenvalue weighted by Crippen LogP contribution is 2.56. The molecule has 0 aliphatic carbocycles. The van der Waals surface area contributed by atoms with Crippen LogP contribution < -0.4 is 0 Å². The SMILES string of the molecule is CCOC(=O)C1=C(C(C)C)N2C(=N[C@@](C)(c3ccc(Cl)cc3)[C@H]2c2ccc(Cl)cc2F)S1. The first-order chi connectivity index (χ1) is 15.2. The van der Waals surface area contributed by atoms with Gasteiger partial charge in [0, 0.05) is 21.3 Å². The first-order valence-electron chi connectivity index (χ1n) is 10.4. The van der Waals surface area contributed by atoms with E-state index >= 15 is 4.39 Å². The second-order valence-corrected chi connectivity index (χ2v) is 10.0. The minimum atomic E-state index is -0.818. The molecule has 0 saturated heterocycles. The molecular weight excluding hydrogens is 470 g/mol. The van der Waals surface area contributed by atoms with Crippen molar-refractivity contribution in [2.75, 3.05) is 6.61 Å². The third kappa shape index (κ3) is 3.82. The number of rotatable bonds is 5. The Labute approximate surface area is 201 Å². The van der Waals surface area contributed by atoms with E-state index in [9.17, 15) is 4.79 Å². The van der Waals surface area contributed by atoms with Crippen LogP contribution in [-0.4, -0.2) is 22.6 Å². The third-order valence-corrected chi connectivity index (χ3v) is 7.24. The highest BCUT2D eigenvalue weighted by Gasteiger charge is 2.54. The number of hydrogen-bond acceptors (Lipinski definition) is 5. The molecule has 8 heteroatoms. The molecule has 0 radical (unpaired) electrons. The fourth-order valence-corrected chi connectivity index (χ4v) is 5.89. The van der Waals surface area contributed by atoms with Crippen molar-refractivity contribution in [2.24, 2.45) is 10.9 Å². The Bertz CT molecular complexity index is 1130. The van der Waals surface area contributed by atoms with Crippen LogP contribution in [0.5, 0.6) is 0 Å². The number of halogens is 3. The summed E-state index contributed by atoms with van der Waals surface area (Å²) in [5.74, 6) is -0.821. The Kier molecular flexibility index (Phi) is 6.31. The zero-order chi connectivity index (χ0) is 23.2. The van der Waals surface area contributed by atoms with E-state index in [-0.39, 0.29) is 18.5 Å². The number of carbonyl (C=O) groups is 1. The summed E-state index contributed by atoms with van der Waals surface area (Å²) in [5.41, 5.74) is 1.31. The number of nitrogens with zero attached hydrogens (tertiary/aromatic N) is 2. The van der Waals surface area contributed by atoms with Gasteiger partial charge in [-0.05, 0) is 61.4 Å². The highest BCUT2D eigenvalue weighted by atomic mass is 35.5. The smallest absolute Gasteiger partial charge is 0.346 e. The van der Waals surface area contributed by atoms with Crippen molar-refractivity contribution in [3.63, 3.8) is 0 Å². The second kappa shape index (κ2) is 8.73. The Balaban J connectivity index is 1.93. The number of amidine groups is 1. The summed E-state index contributed by atoms with van der Waals surface area (Å²) < 4.78 is 20.6. The normalized spacial score (nSPS) is 22.4. The van der Waals surface area contributed by atoms with Crippen molar-refractivity contribution in [1.29, 1.82) is 0 Å². The molecule has 2 aliphatic rings. The molecule has 0 aromatic heterocycles. The predicted molar refractivity (Wildman–Crippen MR) is 128 cm³/mol. The van der Waals surface area contributed by atoms with Crippen LogP contribution in [-0.2, 0) is 15.1 Å². The van der Waals surface area contributed by atoms with Crippen molar-refractivity contribution < 1.29 is 13.9 Å². The quantitative estimate of drug-likeness (QED) is 0.424. The van der Waals surface area contributed by atoms with Gasteiger partial charge in [-0.2, -0.15) is 0 Å². The Hall–Kier alpha value is -2.02. The van der Waals surface area contributed by atoms with Crippen LogP contribution in [0.2, 0.25) is 10.0 Å². The molecule has 2 aromatic rings. The molecule has 4 nitrogen and oxygen atoms in total. The van der Waals surface area contributed by atoms with Gasteiger partial charge in [0.15, 0.2) is 5.17 Å².